The maximum absolute atomic E-state index is 11.1. The molecule has 1 aliphatic rings. The molecule has 5 heteroatoms. The predicted molar refractivity (Wildman–Crippen MR) is 112 cm³/mol. The minimum Gasteiger partial charge on any atom is -0.469 e. The van der Waals surface area contributed by atoms with Crippen molar-refractivity contribution in [3.05, 3.63) is 47.5 Å². The van der Waals surface area contributed by atoms with E-state index >= 15 is 0 Å². The van der Waals surface area contributed by atoms with Gasteiger partial charge in [0.1, 0.15) is 0 Å². The molecule has 1 aromatic carbocycles. The Balaban J connectivity index is 1.96. The van der Waals surface area contributed by atoms with E-state index in [1.165, 1.54) is 7.11 Å². The number of esters is 1. The Morgan fingerprint density at radius 3 is 2.68 bits per heavy atom. The number of methoxy groups -OCH3 is 1. The molecule has 1 saturated carbocycles. The number of aliphatic hydroxyl groups is 2. The molecule has 0 heterocycles. The maximum Gasteiger partial charge on any atom is 0.305 e. The summed E-state index contributed by atoms with van der Waals surface area (Å²) in [6, 6.07) is 7.96. The summed E-state index contributed by atoms with van der Waals surface area (Å²) in [5.41, 5.74) is 2.00. The summed E-state index contributed by atoms with van der Waals surface area (Å²) < 4.78 is 4.64. The largest absolute Gasteiger partial charge is 0.469 e. The SMILES string of the molecule is CCCC(O)c1ccc([C@@H]2[C@@H](C/C=C\CCCC(=O)OC)[C@@H](Cl)C[C@H]2O)cc1. The lowest BCUT2D eigenvalue weighted by molar-refractivity contribution is -0.140. The van der Waals surface area contributed by atoms with E-state index < -0.39 is 12.2 Å². The number of carbonyl (C=O) groups is 1. The zero-order chi connectivity index (χ0) is 20.5. The predicted octanol–water partition coefficient (Wildman–Crippen LogP) is 4.88. The van der Waals surface area contributed by atoms with Crippen LogP contribution in [0.4, 0.5) is 0 Å². The Bertz CT molecular complexity index is 628. The average molecular weight is 409 g/mol. The number of ether oxygens (including phenoxy) is 1. The number of rotatable bonds is 10. The molecule has 156 valence electrons. The van der Waals surface area contributed by atoms with E-state index in [1.807, 2.05) is 24.3 Å². The van der Waals surface area contributed by atoms with Crippen LogP contribution in [0.1, 0.15) is 75.0 Å². The van der Waals surface area contributed by atoms with E-state index in [4.69, 9.17) is 11.6 Å². The molecule has 1 unspecified atom stereocenters. The molecule has 2 N–H and O–H groups in total. The third-order valence-electron chi connectivity index (χ3n) is 5.63. The van der Waals surface area contributed by atoms with E-state index in [2.05, 4.69) is 23.8 Å². The Morgan fingerprint density at radius 2 is 2.04 bits per heavy atom. The lowest BCUT2D eigenvalue weighted by Gasteiger charge is -2.23. The number of allylic oxidation sites excluding steroid dienone is 2. The molecule has 0 amide bonds. The van der Waals surface area contributed by atoms with Crippen molar-refractivity contribution in [2.75, 3.05) is 7.11 Å². The standard InChI is InChI=1S/C23H33ClO4/c1-3-8-20(25)16-11-13-17(14-12-16)23-18(19(24)15-21(23)26)9-6-4-5-7-10-22(27)28-2/h4,6,11-14,18-21,23,25-26H,3,5,7-10,15H2,1-2H3/b6-4-/t18-,19-,20?,21+,23+/m0/s1. The van der Waals surface area contributed by atoms with Crippen LogP contribution in [0.2, 0.25) is 0 Å². The van der Waals surface area contributed by atoms with Gasteiger partial charge in [-0.15, -0.1) is 11.6 Å². The Kier molecular flexibility index (Phi) is 9.49. The first kappa shape index (κ1) is 22.9. The zero-order valence-electron chi connectivity index (χ0n) is 16.9. The number of hydrogen-bond acceptors (Lipinski definition) is 4. The van der Waals surface area contributed by atoms with Crippen molar-refractivity contribution in [3.8, 4) is 0 Å². The summed E-state index contributed by atoms with van der Waals surface area (Å²) >= 11 is 6.55. The Morgan fingerprint density at radius 1 is 1.32 bits per heavy atom. The molecule has 4 nitrogen and oxygen atoms in total. The summed E-state index contributed by atoms with van der Waals surface area (Å²) in [7, 11) is 1.40. The minimum absolute atomic E-state index is 0.000382. The molecule has 28 heavy (non-hydrogen) atoms. The van der Waals surface area contributed by atoms with E-state index in [9.17, 15) is 15.0 Å². The highest BCUT2D eigenvalue weighted by atomic mass is 35.5. The van der Waals surface area contributed by atoms with E-state index in [-0.39, 0.29) is 23.2 Å². The second-order valence-electron chi connectivity index (χ2n) is 7.66. The molecule has 0 aromatic heterocycles. The van der Waals surface area contributed by atoms with Crippen molar-refractivity contribution in [1.82, 2.24) is 0 Å². The van der Waals surface area contributed by atoms with Gasteiger partial charge in [0.25, 0.3) is 0 Å². The van der Waals surface area contributed by atoms with Crippen LogP contribution in [0.25, 0.3) is 0 Å². The fraction of sp³-hybridized carbons (Fsp3) is 0.609. The lowest BCUT2D eigenvalue weighted by Crippen LogP contribution is -2.18. The third kappa shape index (κ3) is 6.33. The highest BCUT2D eigenvalue weighted by Gasteiger charge is 2.41. The first-order valence-electron chi connectivity index (χ1n) is 10.3. The summed E-state index contributed by atoms with van der Waals surface area (Å²) in [5.74, 6) is -0.0137. The fourth-order valence-electron chi connectivity index (χ4n) is 4.04. The Labute approximate surface area is 173 Å². The zero-order valence-corrected chi connectivity index (χ0v) is 17.6. The summed E-state index contributed by atoms with van der Waals surface area (Å²) in [5, 5.41) is 20.7. The van der Waals surface area contributed by atoms with Gasteiger partial charge in [-0.1, -0.05) is 49.8 Å². The number of halogens is 1. The van der Waals surface area contributed by atoms with Gasteiger partial charge in [-0.2, -0.15) is 0 Å². The number of benzene rings is 1. The number of aliphatic hydroxyl groups excluding tert-OH is 2. The van der Waals surface area contributed by atoms with Gasteiger partial charge in [-0.05, 0) is 49.1 Å². The van der Waals surface area contributed by atoms with Gasteiger partial charge >= 0.3 is 5.97 Å². The molecule has 5 atom stereocenters. The van der Waals surface area contributed by atoms with Gasteiger partial charge in [0.2, 0.25) is 0 Å². The second kappa shape index (κ2) is 11.6. The van der Waals surface area contributed by atoms with Crippen molar-refractivity contribution in [2.45, 2.75) is 75.4 Å². The first-order chi connectivity index (χ1) is 13.5. The molecule has 0 spiro atoms. The Hall–Kier alpha value is -1.36. The summed E-state index contributed by atoms with van der Waals surface area (Å²) in [6.45, 7) is 2.06. The molecule has 1 fully saturated rings. The second-order valence-corrected chi connectivity index (χ2v) is 8.22. The normalized spacial score (nSPS) is 25.9. The molecular formula is C23H33ClO4. The van der Waals surface area contributed by atoms with E-state index in [0.717, 1.165) is 43.2 Å². The van der Waals surface area contributed by atoms with Crippen LogP contribution in [0, 0.1) is 5.92 Å². The van der Waals surface area contributed by atoms with Gasteiger partial charge in [-0.3, -0.25) is 4.79 Å². The summed E-state index contributed by atoms with van der Waals surface area (Å²) in [4.78, 5) is 11.1. The van der Waals surface area contributed by atoms with Gasteiger partial charge in [0, 0.05) is 17.7 Å². The van der Waals surface area contributed by atoms with Gasteiger partial charge in [0.05, 0.1) is 19.3 Å². The fourth-order valence-corrected chi connectivity index (χ4v) is 4.49. The monoisotopic (exact) mass is 408 g/mol. The maximum atomic E-state index is 11.1. The van der Waals surface area contributed by atoms with Gasteiger partial charge < -0.3 is 14.9 Å². The number of hydrogen-bond donors (Lipinski definition) is 2. The average Bonchev–Trinajstić information content (AvgIpc) is 2.97. The minimum atomic E-state index is -0.452. The van der Waals surface area contributed by atoms with Crippen LogP contribution in [-0.2, 0) is 9.53 Å². The van der Waals surface area contributed by atoms with Crippen molar-refractivity contribution in [2.24, 2.45) is 5.92 Å². The van der Waals surface area contributed by atoms with E-state index in [0.29, 0.717) is 12.8 Å². The molecule has 0 saturated heterocycles. The first-order valence-corrected chi connectivity index (χ1v) is 10.7. The van der Waals surface area contributed by atoms with Crippen LogP contribution >= 0.6 is 11.6 Å². The molecule has 0 radical (unpaired) electrons. The molecule has 1 aromatic rings. The van der Waals surface area contributed by atoms with Gasteiger partial charge in [0.15, 0.2) is 0 Å². The molecule has 2 rings (SSSR count). The highest BCUT2D eigenvalue weighted by Crippen LogP contribution is 2.44. The quantitative estimate of drug-likeness (QED) is 0.250. The molecule has 0 bridgehead atoms. The van der Waals surface area contributed by atoms with E-state index in [1.54, 1.807) is 0 Å². The van der Waals surface area contributed by atoms with Crippen LogP contribution in [0.15, 0.2) is 36.4 Å². The van der Waals surface area contributed by atoms with Crippen LogP contribution in [0.3, 0.4) is 0 Å². The van der Waals surface area contributed by atoms with Crippen molar-refractivity contribution in [3.63, 3.8) is 0 Å². The summed E-state index contributed by atoms with van der Waals surface area (Å²) in [6.07, 6.45) is 8.41. The van der Waals surface area contributed by atoms with Crippen LogP contribution < -0.4 is 0 Å². The number of alkyl halides is 1. The lowest BCUT2D eigenvalue weighted by atomic mass is 9.84. The smallest absolute Gasteiger partial charge is 0.305 e. The van der Waals surface area contributed by atoms with Crippen LogP contribution in [0.5, 0.6) is 0 Å². The molecular weight excluding hydrogens is 376 g/mol. The highest BCUT2D eigenvalue weighted by molar-refractivity contribution is 6.21. The molecule has 0 aliphatic heterocycles. The van der Waals surface area contributed by atoms with Crippen molar-refractivity contribution in [1.29, 1.82) is 0 Å². The topological polar surface area (TPSA) is 66.8 Å². The number of carbonyl (C=O) groups excluding carboxylic acids is 1. The molecule has 1 aliphatic carbocycles. The van der Waals surface area contributed by atoms with Crippen molar-refractivity contribution >= 4 is 17.6 Å². The number of unbranched alkanes of at least 4 members (excludes halogenated alkanes) is 1. The van der Waals surface area contributed by atoms with Gasteiger partial charge in [-0.25, -0.2) is 0 Å². The van der Waals surface area contributed by atoms with Crippen LogP contribution in [-0.4, -0.2) is 34.8 Å². The third-order valence-corrected chi connectivity index (χ3v) is 6.13. The van der Waals surface area contributed by atoms with Crippen molar-refractivity contribution < 1.29 is 19.7 Å².